The molecule has 0 amide bonds. The first-order valence-corrected chi connectivity index (χ1v) is 6.08. The molecular weight excluding hydrogens is 192 g/mol. The third-order valence-corrected chi connectivity index (χ3v) is 3.20. The third kappa shape index (κ3) is 2.98. The molecule has 1 aromatic rings. The van der Waals surface area contributed by atoms with Crippen LogP contribution in [-0.2, 0) is 5.41 Å². The molecule has 1 unspecified atom stereocenters. The summed E-state index contributed by atoms with van der Waals surface area (Å²) in [6.45, 7) is 15.1. The summed E-state index contributed by atoms with van der Waals surface area (Å²) in [5.74, 6) is 0.569. The Morgan fingerprint density at radius 2 is 1.94 bits per heavy atom. The largest absolute Gasteiger partial charge is 0.103 e. The van der Waals surface area contributed by atoms with E-state index in [0.29, 0.717) is 5.92 Å². The van der Waals surface area contributed by atoms with Crippen LogP contribution in [0.25, 0.3) is 0 Å². The molecule has 0 N–H and O–H groups in total. The van der Waals surface area contributed by atoms with Gasteiger partial charge in [-0.05, 0) is 41.4 Å². The predicted molar refractivity (Wildman–Crippen MR) is 73.1 cm³/mol. The van der Waals surface area contributed by atoms with Crippen molar-refractivity contribution in [1.82, 2.24) is 0 Å². The molecule has 16 heavy (non-hydrogen) atoms. The number of hydrogen-bond donors (Lipinski definition) is 0. The summed E-state index contributed by atoms with van der Waals surface area (Å²) < 4.78 is 0. The average Bonchev–Trinajstić information content (AvgIpc) is 2.16. The first-order valence-electron chi connectivity index (χ1n) is 6.08. The van der Waals surface area contributed by atoms with Crippen molar-refractivity contribution in [3.05, 3.63) is 47.5 Å². The summed E-state index contributed by atoms with van der Waals surface area (Å²) in [5.41, 5.74) is 4.51. The molecule has 0 nitrogen and oxygen atoms in total. The Kier molecular flexibility index (Phi) is 3.96. The van der Waals surface area contributed by atoms with Crippen molar-refractivity contribution in [3.63, 3.8) is 0 Å². The van der Waals surface area contributed by atoms with Crippen molar-refractivity contribution < 1.29 is 0 Å². The second-order valence-electron chi connectivity index (χ2n) is 5.75. The van der Waals surface area contributed by atoms with Gasteiger partial charge in [-0.25, -0.2) is 0 Å². The molecule has 0 radical (unpaired) electrons. The van der Waals surface area contributed by atoms with Crippen molar-refractivity contribution in [2.45, 2.75) is 52.4 Å². The van der Waals surface area contributed by atoms with Gasteiger partial charge in [-0.3, -0.25) is 0 Å². The SMILES string of the molecule is C=CCC(C)c1cc(C(C)(C)C)ccc1C. The first-order chi connectivity index (χ1) is 7.36. The van der Waals surface area contributed by atoms with Crippen LogP contribution in [0.5, 0.6) is 0 Å². The molecule has 1 aromatic carbocycles. The molecule has 0 aliphatic heterocycles. The van der Waals surface area contributed by atoms with E-state index >= 15 is 0 Å². The number of allylic oxidation sites excluding steroid dienone is 1. The van der Waals surface area contributed by atoms with Gasteiger partial charge in [-0.2, -0.15) is 0 Å². The molecule has 0 heterocycles. The number of aryl methyl sites for hydroxylation is 1. The van der Waals surface area contributed by atoms with E-state index in [1.165, 1.54) is 16.7 Å². The smallest absolute Gasteiger partial charge is 0.0132 e. The highest BCUT2D eigenvalue weighted by molar-refractivity contribution is 5.36. The van der Waals surface area contributed by atoms with Crippen LogP contribution in [0.2, 0.25) is 0 Å². The van der Waals surface area contributed by atoms with Crippen molar-refractivity contribution >= 4 is 0 Å². The van der Waals surface area contributed by atoms with Gasteiger partial charge in [0.2, 0.25) is 0 Å². The third-order valence-electron chi connectivity index (χ3n) is 3.20. The van der Waals surface area contributed by atoms with Crippen molar-refractivity contribution in [3.8, 4) is 0 Å². The van der Waals surface area contributed by atoms with E-state index in [2.05, 4.69) is 59.4 Å². The maximum atomic E-state index is 3.83. The van der Waals surface area contributed by atoms with Gasteiger partial charge in [-0.1, -0.05) is 52.0 Å². The normalized spacial score (nSPS) is 13.6. The first kappa shape index (κ1) is 13.0. The summed E-state index contributed by atoms with van der Waals surface area (Å²) in [5, 5.41) is 0. The summed E-state index contributed by atoms with van der Waals surface area (Å²) in [6.07, 6.45) is 3.06. The topological polar surface area (TPSA) is 0 Å². The monoisotopic (exact) mass is 216 g/mol. The minimum Gasteiger partial charge on any atom is -0.103 e. The van der Waals surface area contributed by atoms with Crippen LogP contribution in [0, 0.1) is 6.92 Å². The molecule has 1 rings (SSSR count). The molecule has 0 saturated carbocycles. The average molecular weight is 216 g/mol. The van der Waals surface area contributed by atoms with E-state index in [9.17, 15) is 0 Å². The molecule has 1 atom stereocenters. The highest BCUT2D eigenvalue weighted by atomic mass is 14.2. The second-order valence-corrected chi connectivity index (χ2v) is 5.75. The fraction of sp³-hybridized carbons (Fsp3) is 0.500. The lowest BCUT2D eigenvalue weighted by Crippen LogP contribution is -2.12. The second kappa shape index (κ2) is 4.86. The maximum absolute atomic E-state index is 3.83. The zero-order valence-electron chi connectivity index (χ0n) is 11.3. The van der Waals surface area contributed by atoms with Crippen LogP contribution in [0.1, 0.15) is 56.7 Å². The zero-order chi connectivity index (χ0) is 12.3. The molecule has 0 bridgehead atoms. The Balaban J connectivity index is 3.13. The van der Waals surface area contributed by atoms with Gasteiger partial charge < -0.3 is 0 Å². The zero-order valence-corrected chi connectivity index (χ0v) is 11.3. The fourth-order valence-corrected chi connectivity index (χ4v) is 2.01. The Labute approximate surface area is 100 Å². The van der Waals surface area contributed by atoms with Gasteiger partial charge >= 0.3 is 0 Å². The summed E-state index contributed by atoms with van der Waals surface area (Å²) >= 11 is 0. The van der Waals surface area contributed by atoms with E-state index in [-0.39, 0.29) is 5.41 Å². The molecule has 0 aliphatic carbocycles. The molecular formula is C16H24. The van der Waals surface area contributed by atoms with Gasteiger partial charge in [-0.15, -0.1) is 6.58 Å². The van der Waals surface area contributed by atoms with Crippen molar-refractivity contribution in [1.29, 1.82) is 0 Å². The van der Waals surface area contributed by atoms with Crippen LogP contribution < -0.4 is 0 Å². The fourth-order valence-electron chi connectivity index (χ4n) is 2.01. The lowest BCUT2D eigenvalue weighted by molar-refractivity contribution is 0.587. The predicted octanol–water partition coefficient (Wildman–Crippen LogP) is 4.97. The highest BCUT2D eigenvalue weighted by Gasteiger charge is 2.16. The number of rotatable bonds is 3. The van der Waals surface area contributed by atoms with E-state index in [1.54, 1.807) is 0 Å². The Morgan fingerprint density at radius 1 is 1.31 bits per heavy atom. The van der Waals surface area contributed by atoms with Gasteiger partial charge in [0.15, 0.2) is 0 Å². The van der Waals surface area contributed by atoms with Crippen LogP contribution in [-0.4, -0.2) is 0 Å². The Bertz CT molecular complexity index is 366. The van der Waals surface area contributed by atoms with Crippen LogP contribution in [0.4, 0.5) is 0 Å². The molecule has 0 fully saturated rings. The molecule has 0 spiro atoms. The van der Waals surface area contributed by atoms with E-state index < -0.39 is 0 Å². The Hall–Kier alpha value is -1.04. The summed E-state index contributed by atoms with van der Waals surface area (Å²) in [7, 11) is 0. The van der Waals surface area contributed by atoms with Crippen molar-refractivity contribution in [2.75, 3.05) is 0 Å². The van der Waals surface area contributed by atoms with Gasteiger partial charge in [0.05, 0.1) is 0 Å². The molecule has 0 aromatic heterocycles. The molecule has 88 valence electrons. The van der Waals surface area contributed by atoms with Gasteiger partial charge in [0.1, 0.15) is 0 Å². The molecule has 0 heteroatoms. The highest BCUT2D eigenvalue weighted by Crippen LogP contribution is 2.29. The van der Waals surface area contributed by atoms with E-state index in [4.69, 9.17) is 0 Å². The minimum absolute atomic E-state index is 0.232. The minimum atomic E-state index is 0.232. The van der Waals surface area contributed by atoms with Gasteiger partial charge in [0.25, 0.3) is 0 Å². The van der Waals surface area contributed by atoms with E-state index in [0.717, 1.165) is 6.42 Å². The van der Waals surface area contributed by atoms with E-state index in [1.807, 2.05) is 6.08 Å². The summed E-state index contributed by atoms with van der Waals surface area (Å²) in [6, 6.07) is 6.86. The van der Waals surface area contributed by atoms with Crippen LogP contribution in [0.15, 0.2) is 30.9 Å². The van der Waals surface area contributed by atoms with Crippen LogP contribution >= 0.6 is 0 Å². The maximum Gasteiger partial charge on any atom is -0.0132 e. The van der Waals surface area contributed by atoms with Crippen molar-refractivity contribution in [2.24, 2.45) is 0 Å². The number of hydrogen-bond acceptors (Lipinski definition) is 0. The number of benzene rings is 1. The lowest BCUT2D eigenvalue weighted by atomic mass is 9.83. The van der Waals surface area contributed by atoms with Crippen LogP contribution in [0.3, 0.4) is 0 Å². The standard InChI is InChI=1S/C16H24/c1-7-8-12(2)15-11-14(16(4,5)6)10-9-13(15)3/h7,9-12H,1,8H2,2-6H3. The molecule has 0 aliphatic rings. The lowest BCUT2D eigenvalue weighted by Gasteiger charge is -2.22. The Morgan fingerprint density at radius 3 is 2.44 bits per heavy atom. The quantitative estimate of drug-likeness (QED) is 0.626. The molecule has 0 saturated heterocycles. The van der Waals surface area contributed by atoms with Gasteiger partial charge in [0, 0.05) is 0 Å². The summed E-state index contributed by atoms with van der Waals surface area (Å²) in [4.78, 5) is 0.